The average molecular weight is 266 g/mol. The van der Waals surface area contributed by atoms with Crippen LogP contribution in [0.15, 0.2) is 0 Å². The topological polar surface area (TPSA) is 6.48 Å². The third-order valence-electron chi connectivity index (χ3n) is 2.96. The molecular formula is C8H15IN2. The van der Waals surface area contributed by atoms with E-state index in [-0.39, 0.29) is 0 Å². The van der Waals surface area contributed by atoms with Gasteiger partial charge in [0.25, 0.3) is 0 Å². The van der Waals surface area contributed by atoms with Crippen molar-refractivity contribution in [3.63, 3.8) is 0 Å². The molecule has 2 aliphatic rings. The smallest absolute Gasteiger partial charge is 0.0201 e. The van der Waals surface area contributed by atoms with Gasteiger partial charge >= 0.3 is 0 Å². The Morgan fingerprint density at radius 3 is 2.18 bits per heavy atom. The Balaban J connectivity index is 1.93. The molecule has 0 N–H and O–H groups in total. The molecule has 0 bridgehead atoms. The van der Waals surface area contributed by atoms with Crippen molar-refractivity contribution in [3.05, 3.63) is 0 Å². The summed E-state index contributed by atoms with van der Waals surface area (Å²) in [6, 6.07) is 0. The van der Waals surface area contributed by atoms with E-state index < -0.39 is 0 Å². The monoisotopic (exact) mass is 266 g/mol. The molecule has 2 saturated heterocycles. The van der Waals surface area contributed by atoms with Gasteiger partial charge in [0.1, 0.15) is 0 Å². The van der Waals surface area contributed by atoms with Crippen molar-refractivity contribution >= 4 is 22.9 Å². The van der Waals surface area contributed by atoms with Crippen molar-refractivity contribution < 1.29 is 0 Å². The highest BCUT2D eigenvalue weighted by Gasteiger charge is 2.38. The quantitative estimate of drug-likeness (QED) is 0.520. The van der Waals surface area contributed by atoms with Gasteiger partial charge in [-0.1, -0.05) is 6.92 Å². The molecule has 0 aromatic rings. The van der Waals surface area contributed by atoms with Crippen LogP contribution in [-0.2, 0) is 0 Å². The van der Waals surface area contributed by atoms with Gasteiger partial charge in [0.2, 0.25) is 0 Å². The summed E-state index contributed by atoms with van der Waals surface area (Å²) in [6.07, 6.45) is 0. The third-order valence-corrected chi connectivity index (χ3v) is 3.75. The fraction of sp³-hybridized carbons (Fsp3) is 1.00. The van der Waals surface area contributed by atoms with Crippen LogP contribution in [0, 0.1) is 11.8 Å². The first-order chi connectivity index (χ1) is 5.29. The molecule has 64 valence electrons. The number of fused-ring (bicyclic) bond motifs is 1. The fourth-order valence-corrected chi connectivity index (χ4v) is 3.30. The number of hydrogen-bond donors (Lipinski definition) is 0. The molecule has 2 unspecified atom stereocenters. The van der Waals surface area contributed by atoms with Gasteiger partial charge < -0.3 is 4.90 Å². The molecule has 2 fully saturated rings. The van der Waals surface area contributed by atoms with Crippen LogP contribution in [0.1, 0.15) is 6.92 Å². The summed E-state index contributed by atoms with van der Waals surface area (Å²) < 4.78 is 2.44. The number of halogens is 1. The zero-order chi connectivity index (χ0) is 7.84. The Hall–Kier alpha value is 0.650. The normalized spacial score (nSPS) is 39.8. The van der Waals surface area contributed by atoms with E-state index in [9.17, 15) is 0 Å². The fourth-order valence-electron chi connectivity index (χ4n) is 2.29. The SMILES string of the molecule is CCN1CC2CN(I)CC2C1. The second-order valence-electron chi connectivity index (χ2n) is 3.70. The summed E-state index contributed by atoms with van der Waals surface area (Å²) in [4.78, 5) is 2.58. The Bertz CT molecular complexity index is 137. The Labute approximate surface area is 82.4 Å². The second-order valence-corrected chi connectivity index (χ2v) is 5.06. The first kappa shape index (κ1) is 8.26. The molecule has 2 aliphatic heterocycles. The van der Waals surface area contributed by atoms with Gasteiger partial charge in [0, 0.05) is 49.0 Å². The van der Waals surface area contributed by atoms with Crippen LogP contribution in [0.5, 0.6) is 0 Å². The van der Waals surface area contributed by atoms with Crippen molar-refractivity contribution in [2.75, 3.05) is 32.7 Å². The van der Waals surface area contributed by atoms with Gasteiger partial charge in [-0.2, -0.15) is 0 Å². The van der Waals surface area contributed by atoms with E-state index in [1.54, 1.807) is 0 Å². The Morgan fingerprint density at radius 1 is 1.18 bits per heavy atom. The highest BCUT2D eigenvalue weighted by atomic mass is 127. The van der Waals surface area contributed by atoms with Gasteiger partial charge in [0.15, 0.2) is 0 Å². The van der Waals surface area contributed by atoms with E-state index >= 15 is 0 Å². The van der Waals surface area contributed by atoms with Crippen molar-refractivity contribution in [2.45, 2.75) is 6.92 Å². The lowest BCUT2D eigenvalue weighted by atomic mass is 10.0. The van der Waals surface area contributed by atoms with E-state index in [0.717, 1.165) is 11.8 Å². The molecule has 2 rings (SSSR count). The summed E-state index contributed by atoms with van der Waals surface area (Å²) in [5.74, 6) is 1.96. The van der Waals surface area contributed by atoms with Crippen LogP contribution < -0.4 is 0 Å². The molecule has 0 aromatic carbocycles. The second kappa shape index (κ2) is 3.18. The summed E-state index contributed by atoms with van der Waals surface area (Å²) >= 11 is 2.45. The minimum atomic E-state index is 0.979. The van der Waals surface area contributed by atoms with Gasteiger partial charge in [-0.25, -0.2) is 3.11 Å². The van der Waals surface area contributed by atoms with Crippen LogP contribution in [0.4, 0.5) is 0 Å². The van der Waals surface area contributed by atoms with Gasteiger partial charge in [0.05, 0.1) is 0 Å². The minimum Gasteiger partial charge on any atom is -0.303 e. The van der Waals surface area contributed by atoms with Crippen molar-refractivity contribution in [2.24, 2.45) is 11.8 Å². The molecule has 0 spiro atoms. The van der Waals surface area contributed by atoms with E-state index in [1.807, 2.05) is 0 Å². The lowest BCUT2D eigenvalue weighted by Crippen LogP contribution is -2.24. The van der Waals surface area contributed by atoms with Gasteiger partial charge in [-0.3, -0.25) is 0 Å². The van der Waals surface area contributed by atoms with Gasteiger partial charge in [-0.15, -0.1) is 0 Å². The third kappa shape index (κ3) is 1.55. The highest BCUT2D eigenvalue weighted by Crippen LogP contribution is 2.32. The molecular weight excluding hydrogens is 251 g/mol. The van der Waals surface area contributed by atoms with Crippen LogP contribution in [0.25, 0.3) is 0 Å². The molecule has 0 amide bonds. The molecule has 3 heteroatoms. The average Bonchev–Trinajstić information content (AvgIpc) is 2.43. The number of hydrogen-bond acceptors (Lipinski definition) is 2. The molecule has 2 nitrogen and oxygen atoms in total. The Morgan fingerprint density at radius 2 is 1.73 bits per heavy atom. The van der Waals surface area contributed by atoms with Crippen LogP contribution in [0.3, 0.4) is 0 Å². The van der Waals surface area contributed by atoms with Crippen LogP contribution >= 0.6 is 22.9 Å². The largest absolute Gasteiger partial charge is 0.303 e. The summed E-state index contributed by atoms with van der Waals surface area (Å²) in [5, 5.41) is 0. The van der Waals surface area contributed by atoms with E-state index in [1.165, 1.54) is 32.7 Å². The van der Waals surface area contributed by atoms with Crippen molar-refractivity contribution in [3.8, 4) is 0 Å². The number of rotatable bonds is 1. The molecule has 0 aromatic heterocycles. The first-order valence-corrected chi connectivity index (χ1v) is 5.39. The maximum absolute atomic E-state index is 2.58. The summed E-state index contributed by atoms with van der Waals surface area (Å²) in [7, 11) is 0. The van der Waals surface area contributed by atoms with Crippen molar-refractivity contribution in [1.29, 1.82) is 0 Å². The molecule has 0 radical (unpaired) electrons. The standard InChI is InChI=1S/C8H15IN2/c1-2-10-3-7-5-11(9)6-8(7)4-10/h7-8H,2-6H2,1H3. The molecule has 11 heavy (non-hydrogen) atoms. The van der Waals surface area contributed by atoms with Gasteiger partial charge in [-0.05, 0) is 18.4 Å². The molecule has 2 heterocycles. The van der Waals surface area contributed by atoms with E-state index in [0.29, 0.717) is 0 Å². The highest BCUT2D eigenvalue weighted by molar-refractivity contribution is 14.1. The Kier molecular flexibility index (Phi) is 2.39. The first-order valence-electron chi connectivity index (χ1n) is 4.42. The van der Waals surface area contributed by atoms with Crippen LogP contribution in [-0.4, -0.2) is 40.7 Å². The molecule has 0 aliphatic carbocycles. The summed E-state index contributed by atoms with van der Waals surface area (Å²) in [6.45, 7) is 8.85. The maximum atomic E-state index is 2.58. The number of likely N-dealkylation sites (tertiary alicyclic amines) is 1. The maximum Gasteiger partial charge on any atom is 0.0201 e. The lowest BCUT2D eigenvalue weighted by Gasteiger charge is -2.15. The van der Waals surface area contributed by atoms with Crippen molar-refractivity contribution in [1.82, 2.24) is 8.01 Å². The summed E-state index contributed by atoms with van der Waals surface area (Å²) in [5.41, 5.74) is 0. The van der Waals surface area contributed by atoms with E-state index in [4.69, 9.17) is 0 Å². The van der Waals surface area contributed by atoms with E-state index in [2.05, 4.69) is 37.8 Å². The predicted molar refractivity (Wildman–Crippen MR) is 54.7 cm³/mol. The van der Waals surface area contributed by atoms with Crippen LogP contribution in [0.2, 0.25) is 0 Å². The zero-order valence-electron chi connectivity index (χ0n) is 6.96. The minimum absolute atomic E-state index is 0.979. The molecule has 0 saturated carbocycles. The lowest BCUT2D eigenvalue weighted by molar-refractivity contribution is 0.320. The number of nitrogens with zero attached hydrogens (tertiary/aromatic N) is 2. The molecule has 2 atom stereocenters. The predicted octanol–water partition coefficient (Wildman–Crippen LogP) is 1.22. The zero-order valence-corrected chi connectivity index (χ0v) is 9.12.